The third kappa shape index (κ3) is 8.52. The highest BCUT2D eigenvalue weighted by Gasteiger charge is 2.26. The number of phenols is 1. The van der Waals surface area contributed by atoms with Crippen LogP contribution in [-0.2, 0) is 12.8 Å². The summed E-state index contributed by atoms with van der Waals surface area (Å²) in [7, 11) is 1.53. The lowest BCUT2D eigenvalue weighted by Crippen LogP contribution is -2.33. The lowest BCUT2D eigenvalue weighted by atomic mass is 9.98. The third-order valence-electron chi connectivity index (χ3n) is 9.14. The SMILES string of the molecule is COc1c(OCC(O)CN2CCCC2)cc2oc3cc(OCC(O)CN4CCCC4)c(CC=C(C)C)c(O)c3c(=O)c2c1CC=C(C)C. The van der Waals surface area contributed by atoms with Gasteiger partial charge >= 0.3 is 0 Å². The number of β-amino-alcohol motifs (C(OH)–C–C–N with tert-alkyl or cyclic N) is 2. The van der Waals surface area contributed by atoms with Crippen molar-refractivity contribution in [1.29, 1.82) is 0 Å². The van der Waals surface area contributed by atoms with Gasteiger partial charge in [-0.15, -0.1) is 0 Å². The van der Waals surface area contributed by atoms with Crippen LogP contribution in [0.5, 0.6) is 23.0 Å². The summed E-state index contributed by atoms with van der Waals surface area (Å²) in [5.74, 6) is 0.884. The first kappa shape index (κ1) is 35.7. The second-order valence-electron chi connectivity index (χ2n) is 13.7. The molecule has 10 nitrogen and oxygen atoms in total. The van der Waals surface area contributed by atoms with E-state index in [-0.39, 0.29) is 40.9 Å². The molecule has 2 unspecified atom stereocenters. The summed E-state index contributed by atoms with van der Waals surface area (Å²) in [5.41, 5.74) is 3.17. The first-order chi connectivity index (χ1) is 23.0. The summed E-state index contributed by atoms with van der Waals surface area (Å²) in [6.45, 7) is 12.8. The highest BCUT2D eigenvalue weighted by Crippen LogP contribution is 2.42. The van der Waals surface area contributed by atoms with Gasteiger partial charge in [0.05, 0.1) is 12.5 Å². The van der Waals surface area contributed by atoms with Crippen molar-refractivity contribution in [3.8, 4) is 23.0 Å². The largest absolute Gasteiger partial charge is 0.507 e. The molecular weight excluding hydrogens is 612 g/mol. The highest BCUT2D eigenvalue weighted by atomic mass is 16.5. The number of ether oxygens (including phenoxy) is 3. The van der Waals surface area contributed by atoms with Crippen molar-refractivity contribution >= 4 is 21.9 Å². The van der Waals surface area contributed by atoms with Gasteiger partial charge in [-0.1, -0.05) is 23.3 Å². The zero-order valence-corrected chi connectivity index (χ0v) is 29.1. The maximum atomic E-state index is 14.4. The number of fused-ring (bicyclic) bond motifs is 2. The van der Waals surface area contributed by atoms with E-state index in [4.69, 9.17) is 18.6 Å². The van der Waals surface area contributed by atoms with Crippen molar-refractivity contribution in [3.63, 3.8) is 0 Å². The average molecular weight is 665 g/mol. The van der Waals surface area contributed by atoms with Crippen LogP contribution >= 0.6 is 0 Å². The summed E-state index contributed by atoms with van der Waals surface area (Å²) in [5, 5.41) is 33.5. The second kappa shape index (κ2) is 16.2. The van der Waals surface area contributed by atoms with Crippen molar-refractivity contribution in [1.82, 2.24) is 9.80 Å². The molecule has 2 aliphatic rings. The zero-order valence-electron chi connectivity index (χ0n) is 29.1. The van der Waals surface area contributed by atoms with E-state index in [2.05, 4.69) is 9.80 Å². The van der Waals surface area contributed by atoms with E-state index in [1.807, 2.05) is 39.8 Å². The summed E-state index contributed by atoms with van der Waals surface area (Å²) in [6, 6.07) is 3.25. The van der Waals surface area contributed by atoms with Crippen LogP contribution in [0.25, 0.3) is 21.9 Å². The van der Waals surface area contributed by atoms with Crippen molar-refractivity contribution in [2.45, 2.75) is 78.4 Å². The fourth-order valence-electron chi connectivity index (χ4n) is 6.67. The molecule has 2 atom stereocenters. The molecule has 0 bridgehead atoms. The van der Waals surface area contributed by atoms with Crippen LogP contribution < -0.4 is 19.6 Å². The fourth-order valence-corrected chi connectivity index (χ4v) is 6.67. The number of aliphatic hydroxyl groups excluding tert-OH is 2. The predicted molar refractivity (Wildman–Crippen MR) is 189 cm³/mol. The molecule has 3 aromatic rings. The number of phenolic OH excluding ortho intramolecular Hbond substituents is 1. The number of aliphatic hydroxyl groups is 2. The predicted octanol–water partition coefficient (Wildman–Crippen LogP) is 5.35. The number of hydrogen-bond acceptors (Lipinski definition) is 10. The Morgan fingerprint density at radius 3 is 1.79 bits per heavy atom. The first-order valence-corrected chi connectivity index (χ1v) is 17.2. The molecule has 0 spiro atoms. The van der Waals surface area contributed by atoms with E-state index in [0.29, 0.717) is 59.7 Å². The highest BCUT2D eigenvalue weighted by molar-refractivity contribution is 5.98. The molecule has 5 rings (SSSR count). The number of rotatable bonds is 15. The maximum Gasteiger partial charge on any atom is 0.204 e. The van der Waals surface area contributed by atoms with E-state index in [9.17, 15) is 20.1 Å². The molecule has 2 saturated heterocycles. The molecule has 2 aliphatic heterocycles. The molecule has 0 amide bonds. The number of allylic oxidation sites excluding steroid dienone is 4. The molecule has 0 saturated carbocycles. The number of methoxy groups -OCH3 is 1. The summed E-state index contributed by atoms with van der Waals surface area (Å²) < 4.78 is 24.5. The van der Waals surface area contributed by atoms with Crippen LogP contribution in [0.2, 0.25) is 0 Å². The maximum absolute atomic E-state index is 14.4. The first-order valence-electron chi connectivity index (χ1n) is 17.2. The van der Waals surface area contributed by atoms with E-state index < -0.39 is 12.2 Å². The van der Waals surface area contributed by atoms with E-state index in [0.717, 1.165) is 63.0 Å². The van der Waals surface area contributed by atoms with Gasteiger partial charge in [-0.25, -0.2) is 0 Å². The number of aromatic hydroxyl groups is 1. The number of nitrogens with zero attached hydrogens (tertiary/aromatic N) is 2. The molecule has 1 aromatic heterocycles. The Bertz CT molecular complexity index is 1690. The minimum Gasteiger partial charge on any atom is -0.507 e. The van der Waals surface area contributed by atoms with E-state index >= 15 is 0 Å². The Morgan fingerprint density at radius 2 is 1.27 bits per heavy atom. The third-order valence-corrected chi connectivity index (χ3v) is 9.14. The molecule has 3 N–H and O–H groups in total. The molecule has 262 valence electrons. The Kier molecular flexibility index (Phi) is 12.1. The van der Waals surface area contributed by atoms with Crippen LogP contribution in [0.1, 0.15) is 64.5 Å². The van der Waals surface area contributed by atoms with Gasteiger partial charge in [-0.3, -0.25) is 4.79 Å². The van der Waals surface area contributed by atoms with Crippen molar-refractivity contribution in [2.24, 2.45) is 0 Å². The molecule has 0 aliphatic carbocycles. The van der Waals surface area contributed by atoms with Gasteiger partial charge < -0.3 is 43.7 Å². The monoisotopic (exact) mass is 664 g/mol. The lowest BCUT2D eigenvalue weighted by molar-refractivity contribution is 0.0747. The van der Waals surface area contributed by atoms with Gasteiger partial charge in [0, 0.05) is 36.3 Å². The minimum atomic E-state index is -0.716. The molecule has 48 heavy (non-hydrogen) atoms. The molecular formula is C38H52N2O8. The Labute approximate surface area is 283 Å². The van der Waals surface area contributed by atoms with Gasteiger partial charge in [0.1, 0.15) is 53.5 Å². The molecule has 10 heteroatoms. The fraction of sp³-hybridized carbons (Fsp3) is 0.553. The van der Waals surface area contributed by atoms with Crippen LogP contribution in [0.3, 0.4) is 0 Å². The van der Waals surface area contributed by atoms with Crippen LogP contribution in [0.15, 0.2) is 44.6 Å². The normalized spacial score (nSPS) is 16.7. The molecule has 0 radical (unpaired) electrons. The summed E-state index contributed by atoms with van der Waals surface area (Å²) in [6.07, 6.45) is 7.75. The van der Waals surface area contributed by atoms with Crippen molar-refractivity contribution in [3.05, 3.63) is 56.8 Å². The number of likely N-dealkylation sites (tertiary alicyclic amines) is 2. The standard InChI is InChI=1S/C38H52N2O8/c1-24(2)10-12-28-30(46-22-26(41)20-39-14-6-7-15-39)18-32-35(36(28)43)37(44)34-29(13-11-25(3)4)38(45-5)33(19-31(34)48-32)47-23-27(42)21-40-16-8-9-17-40/h10-11,18-19,26-27,41-43H,6-9,12-17,20-23H2,1-5H3. The number of benzene rings is 2. The van der Waals surface area contributed by atoms with Gasteiger partial charge in [0.15, 0.2) is 11.5 Å². The summed E-state index contributed by atoms with van der Waals surface area (Å²) >= 11 is 0. The zero-order chi connectivity index (χ0) is 34.4. The Balaban J connectivity index is 1.58. The lowest BCUT2D eigenvalue weighted by Gasteiger charge is -2.22. The molecule has 2 fully saturated rings. The summed E-state index contributed by atoms with van der Waals surface area (Å²) in [4.78, 5) is 18.8. The Hall–Kier alpha value is -3.57. The van der Waals surface area contributed by atoms with Gasteiger partial charge in [-0.2, -0.15) is 0 Å². The van der Waals surface area contributed by atoms with Crippen LogP contribution in [-0.4, -0.2) is 96.9 Å². The number of hydrogen-bond donors (Lipinski definition) is 3. The van der Waals surface area contributed by atoms with Crippen LogP contribution in [0, 0.1) is 0 Å². The van der Waals surface area contributed by atoms with Crippen molar-refractivity contribution < 1.29 is 33.9 Å². The quantitative estimate of drug-likeness (QED) is 0.145. The van der Waals surface area contributed by atoms with E-state index in [1.54, 1.807) is 12.1 Å². The van der Waals surface area contributed by atoms with Crippen LogP contribution in [0.4, 0.5) is 0 Å². The Morgan fingerprint density at radius 1 is 0.792 bits per heavy atom. The van der Waals surface area contributed by atoms with Gasteiger partial charge in [0.2, 0.25) is 5.43 Å². The minimum absolute atomic E-state index is 0.0306. The average Bonchev–Trinajstić information content (AvgIpc) is 3.75. The topological polar surface area (TPSA) is 125 Å². The smallest absolute Gasteiger partial charge is 0.204 e. The molecule has 2 aromatic carbocycles. The van der Waals surface area contributed by atoms with E-state index in [1.165, 1.54) is 7.11 Å². The van der Waals surface area contributed by atoms with Gasteiger partial charge in [0.25, 0.3) is 0 Å². The van der Waals surface area contributed by atoms with Gasteiger partial charge in [-0.05, 0) is 92.4 Å². The molecule has 3 heterocycles. The second-order valence-corrected chi connectivity index (χ2v) is 13.7. The van der Waals surface area contributed by atoms with Crippen molar-refractivity contribution in [2.75, 3.05) is 59.6 Å².